The number of nitrogens with zero attached hydrogens (tertiary/aromatic N) is 3. The van der Waals surface area contributed by atoms with Crippen molar-refractivity contribution in [3.63, 3.8) is 0 Å². The molecule has 0 bridgehead atoms. The van der Waals surface area contributed by atoms with Crippen LogP contribution < -0.4 is 4.90 Å². The molecular weight excluding hydrogens is 419 g/mol. The third-order valence-electron chi connectivity index (χ3n) is 5.95. The molecule has 1 atom stereocenters. The van der Waals surface area contributed by atoms with Crippen molar-refractivity contribution in [2.75, 3.05) is 31.1 Å². The summed E-state index contributed by atoms with van der Waals surface area (Å²) < 4.78 is 46.5. The molecule has 32 heavy (non-hydrogen) atoms. The van der Waals surface area contributed by atoms with Gasteiger partial charge in [0.15, 0.2) is 5.69 Å². The van der Waals surface area contributed by atoms with Gasteiger partial charge in [0, 0.05) is 25.8 Å². The Bertz CT molecular complexity index is 830. The molecular formula is C24H32F3N3O2. The molecule has 0 N–H and O–H groups in total. The minimum absolute atomic E-state index is 0.103. The van der Waals surface area contributed by atoms with Crippen LogP contribution in [-0.4, -0.2) is 53.7 Å². The molecule has 0 saturated carbocycles. The Morgan fingerprint density at radius 1 is 1.34 bits per heavy atom. The van der Waals surface area contributed by atoms with E-state index in [1.54, 1.807) is 6.92 Å². The molecule has 0 radical (unpaired) electrons. The van der Waals surface area contributed by atoms with E-state index >= 15 is 0 Å². The van der Waals surface area contributed by atoms with Crippen molar-refractivity contribution in [1.82, 2.24) is 9.88 Å². The molecule has 1 spiro atoms. The Labute approximate surface area is 188 Å². The number of ether oxygens (including phenoxy) is 1. The van der Waals surface area contributed by atoms with E-state index in [0.717, 1.165) is 32.3 Å². The second-order valence-electron chi connectivity index (χ2n) is 7.90. The maximum absolute atomic E-state index is 13.5. The zero-order valence-corrected chi connectivity index (χ0v) is 18.8. The fourth-order valence-electron chi connectivity index (χ4n) is 4.20. The number of pyridine rings is 1. The second-order valence-corrected chi connectivity index (χ2v) is 7.90. The van der Waals surface area contributed by atoms with Gasteiger partial charge in [-0.2, -0.15) is 13.2 Å². The maximum atomic E-state index is 13.5. The van der Waals surface area contributed by atoms with Crippen LogP contribution in [0, 0.1) is 0 Å². The number of allylic oxidation sites excluding steroid dienone is 2. The minimum atomic E-state index is -4.63. The van der Waals surface area contributed by atoms with Gasteiger partial charge in [-0.3, -0.25) is 4.79 Å². The van der Waals surface area contributed by atoms with Crippen LogP contribution in [0.15, 0.2) is 55.8 Å². The molecule has 2 aliphatic heterocycles. The number of hydrogen-bond acceptors (Lipinski definition) is 4. The first-order valence-corrected chi connectivity index (χ1v) is 10.7. The van der Waals surface area contributed by atoms with E-state index in [4.69, 9.17) is 4.74 Å². The molecule has 0 aliphatic carbocycles. The van der Waals surface area contributed by atoms with Gasteiger partial charge in [-0.05, 0) is 45.2 Å². The van der Waals surface area contributed by atoms with E-state index < -0.39 is 29.5 Å². The summed E-state index contributed by atoms with van der Waals surface area (Å²) in [5.74, 6) is -0.467. The quantitative estimate of drug-likeness (QED) is 0.466. The van der Waals surface area contributed by atoms with Crippen LogP contribution in [0.1, 0.15) is 38.8 Å². The molecule has 1 unspecified atom stereocenters. The lowest BCUT2D eigenvalue weighted by atomic mass is 9.88. The van der Waals surface area contributed by atoms with E-state index in [9.17, 15) is 18.0 Å². The molecule has 2 saturated heterocycles. The van der Waals surface area contributed by atoms with E-state index in [0.29, 0.717) is 12.8 Å². The highest BCUT2D eigenvalue weighted by molar-refractivity contribution is 5.97. The van der Waals surface area contributed by atoms with E-state index in [2.05, 4.69) is 29.6 Å². The van der Waals surface area contributed by atoms with Gasteiger partial charge < -0.3 is 14.5 Å². The van der Waals surface area contributed by atoms with Gasteiger partial charge in [0.1, 0.15) is 6.10 Å². The topological polar surface area (TPSA) is 45.7 Å². The van der Waals surface area contributed by atoms with Crippen molar-refractivity contribution in [1.29, 1.82) is 0 Å². The van der Waals surface area contributed by atoms with E-state index in [1.165, 1.54) is 22.6 Å². The Morgan fingerprint density at radius 3 is 2.56 bits per heavy atom. The van der Waals surface area contributed by atoms with Crippen LogP contribution in [0.4, 0.5) is 18.9 Å². The summed E-state index contributed by atoms with van der Waals surface area (Å²) in [6.07, 6.45) is 1.76. The van der Waals surface area contributed by atoms with Crippen LogP contribution in [0.3, 0.4) is 0 Å². The number of anilines is 1. The van der Waals surface area contributed by atoms with Crippen molar-refractivity contribution in [2.45, 2.75) is 51.0 Å². The van der Waals surface area contributed by atoms with Gasteiger partial charge in [0.25, 0.3) is 5.91 Å². The van der Waals surface area contributed by atoms with Crippen molar-refractivity contribution in [3.05, 3.63) is 61.5 Å². The molecule has 176 valence electrons. The number of amides is 1. The molecule has 5 nitrogen and oxygen atoms in total. The highest BCUT2D eigenvalue weighted by Crippen LogP contribution is 2.39. The number of aromatic nitrogens is 1. The standard InChI is InChI=1S/C22H28F3N3O2.C2H4/c1-4-17(5-2)8-12-27-13-9-21(10-14-27)15-28(20(29)16(3)30-21)18-7-6-11-26-19(18)22(23,24)25;1-2/h4-7,11,16H,1,8-10,12-15H2,2-3H3;1-2H2/b17-5+;. The number of carbonyl (C=O) groups excluding carboxylic acids is 1. The number of rotatable bonds is 5. The van der Waals surface area contributed by atoms with Crippen molar-refractivity contribution in [2.24, 2.45) is 0 Å². The normalized spacial score (nSPS) is 21.8. The van der Waals surface area contributed by atoms with Crippen LogP contribution in [-0.2, 0) is 15.7 Å². The Morgan fingerprint density at radius 2 is 2.00 bits per heavy atom. The number of hydrogen-bond donors (Lipinski definition) is 0. The summed E-state index contributed by atoms with van der Waals surface area (Å²) in [6, 6.07) is 2.73. The Kier molecular flexibility index (Phi) is 8.81. The Hall–Kier alpha value is -2.45. The summed E-state index contributed by atoms with van der Waals surface area (Å²) in [5.41, 5.74) is -0.699. The highest BCUT2D eigenvalue weighted by atomic mass is 19.4. The number of halogens is 3. The molecule has 1 aromatic rings. The average Bonchev–Trinajstić information content (AvgIpc) is 2.79. The van der Waals surface area contributed by atoms with E-state index in [1.807, 2.05) is 19.1 Å². The molecule has 3 rings (SSSR count). The highest BCUT2D eigenvalue weighted by Gasteiger charge is 2.48. The molecule has 0 aromatic carbocycles. The van der Waals surface area contributed by atoms with Gasteiger partial charge in [0.05, 0.1) is 17.8 Å². The predicted octanol–water partition coefficient (Wildman–Crippen LogP) is 5.01. The molecule has 8 heteroatoms. The second kappa shape index (κ2) is 10.9. The number of piperidine rings is 1. The molecule has 1 amide bonds. The van der Waals surface area contributed by atoms with Gasteiger partial charge in [-0.25, -0.2) is 4.98 Å². The summed E-state index contributed by atoms with van der Waals surface area (Å²) >= 11 is 0. The Balaban J connectivity index is 0.00000176. The summed E-state index contributed by atoms with van der Waals surface area (Å²) in [7, 11) is 0. The van der Waals surface area contributed by atoms with Gasteiger partial charge in [0.2, 0.25) is 0 Å². The molecule has 2 aliphatic rings. The zero-order chi connectivity index (χ0) is 23.9. The lowest BCUT2D eigenvalue weighted by Crippen LogP contribution is -2.61. The largest absolute Gasteiger partial charge is 0.435 e. The minimum Gasteiger partial charge on any atom is -0.360 e. The van der Waals surface area contributed by atoms with Crippen LogP contribution >= 0.6 is 0 Å². The number of alkyl halides is 3. The van der Waals surface area contributed by atoms with Crippen molar-refractivity contribution in [3.8, 4) is 0 Å². The lowest BCUT2D eigenvalue weighted by Gasteiger charge is -2.49. The predicted molar refractivity (Wildman–Crippen MR) is 120 cm³/mol. The van der Waals surface area contributed by atoms with Gasteiger partial charge >= 0.3 is 6.18 Å². The number of likely N-dealkylation sites (tertiary alicyclic amines) is 1. The van der Waals surface area contributed by atoms with Gasteiger partial charge in [-0.1, -0.05) is 24.3 Å². The SMILES string of the molecule is C=C.C=C/C(=C\C)CCN1CCC2(CC1)CN(c1cccnc1C(F)(F)F)C(=O)C(C)O2. The average molecular weight is 452 g/mol. The smallest absolute Gasteiger partial charge is 0.360 e. The first-order valence-electron chi connectivity index (χ1n) is 10.7. The van der Waals surface area contributed by atoms with Crippen molar-refractivity contribution < 1.29 is 22.7 Å². The van der Waals surface area contributed by atoms with Crippen LogP contribution in [0.25, 0.3) is 0 Å². The summed E-state index contributed by atoms with van der Waals surface area (Å²) in [6.45, 7) is 15.9. The first kappa shape index (κ1) is 25.8. The first-order chi connectivity index (χ1) is 15.2. The summed E-state index contributed by atoms with van der Waals surface area (Å²) in [4.78, 5) is 19.8. The van der Waals surface area contributed by atoms with Crippen molar-refractivity contribution >= 4 is 11.6 Å². The fraction of sp³-hybridized carbons (Fsp3) is 0.500. The molecule has 2 fully saturated rings. The van der Waals surface area contributed by atoms with Crippen LogP contribution in [0.2, 0.25) is 0 Å². The van der Waals surface area contributed by atoms with E-state index in [-0.39, 0.29) is 12.2 Å². The number of carbonyl (C=O) groups is 1. The fourth-order valence-corrected chi connectivity index (χ4v) is 4.20. The summed E-state index contributed by atoms with van der Waals surface area (Å²) in [5, 5.41) is 0. The maximum Gasteiger partial charge on any atom is 0.435 e. The molecule has 1 aromatic heterocycles. The lowest BCUT2D eigenvalue weighted by molar-refractivity contribution is -0.162. The monoisotopic (exact) mass is 451 g/mol. The third-order valence-corrected chi connectivity index (χ3v) is 5.95. The van der Waals surface area contributed by atoms with Gasteiger partial charge in [-0.15, -0.1) is 13.2 Å². The number of morpholine rings is 1. The van der Waals surface area contributed by atoms with Crippen LogP contribution in [0.5, 0.6) is 0 Å². The molecule has 3 heterocycles. The third kappa shape index (κ3) is 5.86. The zero-order valence-electron chi connectivity index (χ0n) is 18.8.